The molecule has 0 aromatic rings. The number of nitrogens with one attached hydrogen (secondary N) is 1. The minimum absolute atomic E-state index is 0.205. The highest BCUT2D eigenvalue weighted by Crippen LogP contribution is 2.34. The van der Waals surface area contributed by atoms with Gasteiger partial charge in [0, 0.05) is 24.2 Å². The summed E-state index contributed by atoms with van der Waals surface area (Å²) in [6, 6.07) is -0.336. The highest BCUT2D eigenvalue weighted by molar-refractivity contribution is 6.00. The summed E-state index contributed by atoms with van der Waals surface area (Å²) in [5.74, 6) is -0.452. The molecular weight excluding hydrogens is 240 g/mol. The van der Waals surface area contributed by atoms with Crippen LogP contribution in [0.2, 0.25) is 0 Å². The van der Waals surface area contributed by atoms with Gasteiger partial charge in [0.2, 0.25) is 11.8 Å². The molecule has 0 bridgehead atoms. The fourth-order valence-corrected chi connectivity index (χ4v) is 2.56. The quantitative estimate of drug-likeness (QED) is 0.784. The lowest BCUT2D eigenvalue weighted by Gasteiger charge is -2.32. The maximum Gasteiger partial charge on any atom is 0.249 e. The van der Waals surface area contributed by atoms with Gasteiger partial charge < -0.3 is 4.90 Å². The Hall–Kier alpha value is -2.10. The molecule has 2 rings (SSSR count). The summed E-state index contributed by atoms with van der Waals surface area (Å²) in [7, 11) is 0. The molecule has 1 N–H and O–H groups in total. The van der Waals surface area contributed by atoms with Crippen LogP contribution in [0.1, 0.15) is 19.8 Å². The van der Waals surface area contributed by atoms with Crippen molar-refractivity contribution in [1.29, 1.82) is 0 Å². The predicted octanol–water partition coefficient (Wildman–Crippen LogP) is 1.68. The second kappa shape index (κ2) is 4.88. The van der Waals surface area contributed by atoms with Gasteiger partial charge in [-0.25, -0.2) is 0 Å². The van der Waals surface area contributed by atoms with Gasteiger partial charge in [0.25, 0.3) is 0 Å². The van der Waals surface area contributed by atoms with Crippen molar-refractivity contribution in [1.82, 2.24) is 10.2 Å². The topological polar surface area (TPSA) is 49.4 Å². The fourth-order valence-electron chi connectivity index (χ4n) is 2.56. The van der Waals surface area contributed by atoms with Gasteiger partial charge in [0.15, 0.2) is 0 Å². The number of imide groups is 1. The maximum absolute atomic E-state index is 11.9. The van der Waals surface area contributed by atoms with Gasteiger partial charge >= 0.3 is 0 Å². The van der Waals surface area contributed by atoms with Gasteiger partial charge in [-0.15, -0.1) is 0 Å². The average molecular weight is 258 g/mol. The van der Waals surface area contributed by atoms with Gasteiger partial charge in [-0.1, -0.05) is 31.4 Å². The van der Waals surface area contributed by atoms with Crippen LogP contribution in [0, 0.1) is 0 Å². The summed E-state index contributed by atoms with van der Waals surface area (Å²) in [5, 5.41) is 2.38. The number of piperidine rings is 1. The Bertz CT molecular complexity index is 528. The van der Waals surface area contributed by atoms with E-state index >= 15 is 0 Å². The Balaban J connectivity index is 2.24. The number of hydrogen-bond acceptors (Lipinski definition) is 3. The Labute approximate surface area is 113 Å². The van der Waals surface area contributed by atoms with Crippen LogP contribution < -0.4 is 5.32 Å². The van der Waals surface area contributed by atoms with Crippen molar-refractivity contribution in [3.63, 3.8) is 0 Å². The van der Waals surface area contributed by atoms with Crippen molar-refractivity contribution < 1.29 is 9.59 Å². The first kappa shape index (κ1) is 13.3. The molecule has 0 radical (unpaired) electrons. The predicted molar refractivity (Wildman–Crippen MR) is 74.1 cm³/mol. The summed E-state index contributed by atoms with van der Waals surface area (Å²) in [5.41, 5.74) is 3.73. The lowest BCUT2D eigenvalue weighted by molar-refractivity contribution is -0.136. The fraction of sp³-hybridized carbons (Fsp3) is 0.333. The minimum Gasteiger partial charge on any atom is -0.355 e. The van der Waals surface area contributed by atoms with Crippen molar-refractivity contribution in [2.24, 2.45) is 0 Å². The monoisotopic (exact) mass is 258 g/mol. The first-order chi connectivity index (χ1) is 8.95. The van der Waals surface area contributed by atoms with Crippen LogP contribution >= 0.6 is 0 Å². The maximum atomic E-state index is 11.9. The van der Waals surface area contributed by atoms with E-state index in [-0.39, 0.29) is 17.9 Å². The molecule has 4 nitrogen and oxygen atoms in total. The molecule has 0 aliphatic carbocycles. The van der Waals surface area contributed by atoms with Gasteiger partial charge in [-0.2, -0.15) is 0 Å². The number of amides is 2. The van der Waals surface area contributed by atoms with Crippen molar-refractivity contribution in [3.8, 4) is 0 Å². The molecule has 2 amide bonds. The lowest BCUT2D eigenvalue weighted by atomic mass is 10.0. The third-order valence-corrected chi connectivity index (χ3v) is 3.62. The molecule has 1 atom stereocenters. The number of hydrogen-bond donors (Lipinski definition) is 1. The molecule has 0 saturated carbocycles. The highest BCUT2D eigenvalue weighted by atomic mass is 16.2. The number of rotatable bonds is 3. The number of carbonyl (C=O) groups excluding carboxylic acids is 2. The van der Waals surface area contributed by atoms with Gasteiger partial charge in [-0.05, 0) is 18.9 Å². The minimum atomic E-state index is -0.336. The summed E-state index contributed by atoms with van der Waals surface area (Å²) in [6.07, 6.45) is 2.64. The van der Waals surface area contributed by atoms with Crippen molar-refractivity contribution >= 4 is 11.8 Å². The van der Waals surface area contributed by atoms with E-state index in [1.54, 1.807) is 6.08 Å². The Morgan fingerprint density at radius 2 is 2.16 bits per heavy atom. The van der Waals surface area contributed by atoms with Crippen LogP contribution in [0.15, 0.2) is 48.2 Å². The first-order valence-electron chi connectivity index (χ1n) is 6.26. The van der Waals surface area contributed by atoms with E-state index in [1.807, 2.05) is 11.8 Å². The first-order valence-corrected chi connectivity index (χ1v) is 6.26. The zero-order chi connectivity index (χ0) is 14.2. The van der Waals surface area contributed by atoms with E-state index < -0.39 is 0 Å². The normalized spacial score (nSPS) is 23.7. The van der Waals surface area contributed by atoms with E-state index in [0.717, 1.165) is 22.4 Å². The zero-order valence-corrected chi connectivity index (χ0v) is 11.2. The third-order valence-electron chi connectivity index (χ3n) is 3.62. The van der Waals surface area contributed by atoms with E-state index in [9.17, 15) is 9.59 Å². The van der Waals surface area contributed by atoms with Crippen LogP contribution in [0.25, 0.3) is 0 Å². The summed E-state index contributed by atoms with van der Waals surface area (Å²) < 4.78 is 0. The smallest absolute Gasteiger partial charge is 0.249 e. The third kappa shape index (κ3) is 2.26. The molecule has 0 spiro atoms. The van der Waals surface area contributed by atoms with E-state index in [0.29, 0.717) is 19.4 Å². The zero-order valence-electron chi connectivity index (χ0n) is 11.2. The molecule has 100 valence electrons. The van der Waals surface area contributed by atoms with Gasteiger partial charge in [-0.3, -0.25) is 14.9 Å². The van der Waals surface area contributed by atoms with Crippen LogP contribution in [-0.4, -0.2) is 29.3 Å². The molecule has 0 aromatic carbocycles. The molecule has 0 aromatic heterocycles. The number of allylic oxidation sites excluding steroid dienone is 1. The number of carbonyl (C=O) groups is 2. The molecule has 1 saturated heterocycles. The van der Waals surface area contributed by atoms with Crippen LogP contribution in [0.3, 0.4) is 0 Å². The Morgan fingerprint density at radius 1 is 1.47 bits per heavy atom. The molecule has 2 aliphatic rings. The standard InChI is InChI=1S/C15H18N2O2/c1-5-11-10(4)17(8-12(11)9(2)3)13-6-7-14(18)16-15(13)19/h5,13H,1-2,4,6-8H2,3H3,(H,16,18,19). The SMILES string of the molecule is C=CC1=C(C(=C)C)CN(C2CCC(=O)NC2=O)C1=C. The van der Waals surface area contributed by atoms with Crippen LogP contribution in [-0.2, 0) is 9.59 Å². The van der Waals surface area contributed by atoms with Crippen LogP contribution in [0.5, 0.6) is 0 Å². The summed E-state index contributed by atoms with van der Waals surface area (Å²) in [6.45, 7) is 14.3. The average Bonchev–Trinajstić information content (AvgIpc) is 2.66. The highest BCUT2D eigenvalue weighted by Gasteiger charge is 2.36. The second-order valence-electron chi connectivity index (χ2n) is 4.92. The molecule has 1 fully saturated rings. The largest absolute Gasteiger partial charge is 0.355 e. The summed E-state index contributed by atoms with van der Waals surface area (Å²) >= 11 is 0. The van der Waals surface area contributed by atoms with Crippen LogP contribution in [0.4, 0.5) is 0 Å². The molecular formula is C15H18N2O2. The van der Waals surface area contributed by atoms with Gasteiger partial charge in [0.1, 0.15) is 6.04 Å². The molecule has 19 heavy (non-hydrogen) atoms. The Morgan fingerprint density at radius 3 is 2.63 bits per heavy atom. The van der Waals surface area contributed by atoms with Gasteiger partial charge in [0.05, 0.1) is 0 Å². The lowest BCUT2D eigenvalue weighted by Crippen LogP contribution is -2.51. The molecule has 2 aliphatic heterocycles. The molecule has 4 heteroatoms. The molecule has 1 unspecified atom stereocenters. The second-order valence-corrected chi connectivity index (χ2v) is 4.92. The van der Waals surface area contributed by atoms with E-state index in [2.05, 4.69) is 25.1 Å². The summed E-state index contributed by atoms with van der Waals surface area (Å²) in [4.78, 5) is 25.1. The van der Waals surface area contributed by atoms with Crippen molar-refractivity contribution in [3.05, 3.63) is 48.2 Å². The van der Waals surface area contributed by atoms with E-state index in [4.69, 9.17) is 0 Å². The van der Waals surface area contributed by atoms with Crippen molar-refractivity contribution in [2.45, 2.75) is 25.8 Å². The van der Waals surface area contributed by atoms with E-state index in [1.165, 1.54) is 0 Å². The molecule has 2 heterocycles. The Kier molecular flexibility index (Phi) is 3.42. The van der Waals surface area contributed by atoms with Crippen molar-refractivity contribution in [2.75, 3.05) is 6.54 Å². The number of nitrogens with zero attached hydrogens (tertiary/aromatic N) is 1.